The van der Waals surface area contributed by atoms with Crippen molar-refractivity contribution in [1.29, 1.82) is 0 Å². The number of aliphatic carboxylic acids is 1. The van der Waals surface area contributed by atoms with E-state index >= 15 is 0 Å². The number of ether oxygens (including phenoxy) is 2. The average Bonchev–Trinajstić information content (AvgIpc) is 3.18. The molecule has 0 aromatic heterocycles. The van der Waals surface area contributed by atoms with Crippen LogP contribution in [0, 0.1) is 42.4 Å². The Kier molecular flexibility index (Phi) is 13.5. The second kappa shape index (κ2) is 16.5. The van der Waals surface area contributed by atoms with E-state index in [4.69, 9.17) is 27.4 Å². The zero-order valence-electron chi connectivity index (χ0n) is 22.5. The second-order valence-corrected chi connectivity index (χ2v) is 9.81. The first-order chi connectivity index (χ1) is 19.5. The van der Waals surface area contributed by atoms with E-state index < -0.39 is 53.8 Å². The summed E-state index contributed by atoms with van der Waals surface area (Å²) in [7, 11) is 0. The second-order valence-electron chi connectivity index (χ2n) is 9.81. The molecule has 0 amide bonds. The van der Waals surface area contributed by atoms with Crippen LogP contribution in [0.4, 0.5) is 13.2 Å². The highest BCUT2D eigenvalue weighted by Crippen LogP contribution is 2.36. The molecule has 3 N–H and O–H groups in total. The number of esters is 1. The van der Waals surface area contributed by atoms with Gasteiger partial charge in [0.2, 0.25) is 0 Å². The molecule has 0 aliphatic heterocycles. The molecule has 1 saturated carbocycles. The Bertz CT molecular complexity index is 1130. The number of carbonyl (C=O) groups is 2. The fourth-order valence-corrected chi connectivity index (χ4v) is 4.54. The Hall–Kier alpha value is -3.73. The molecule has 0 radical (unpaired) electrons. The first kappa shape index (κ1) is 33.5. The van der Waals surface area contributed by atoms with Crippen LogP contribution >= 0.6 is 0 Å². The van der Waals surface area contributed by atoms with Crippen LogP contribution in [0.1, 0.15) is 50.5 Å². The topological polar surface area (TPSA) is 113 Å². The maximum atomic E-state index is 13.1. The highest BCUT2D eigenvalue weighted by molar-refractivity contribution is 5.73. The summed E-state index contributed by atoms with van der Waals surface area (Å²) in [4.78, 5) is 23.4. The van der Waals surface area contributed by atoms with Gasteiger partial charge in [-0.25, -0.2) is 0 Å². The molecule has 5 atom stereocenters. The normalized spacial score (nSPS) is 21.6. The first-order valence-electron chi connectivity index (χ1n) is 13.2. The van der Waals surface area contributed by atoms with Crippen molar-refractivity contribution in [1.82, 2.24) is 0 Å². The summed E-state index contributed by atoms with van der Waals surface area (Å²) < 4.78 is 50.4. The van der Waals surface area contributed by atoms with Crippen molar-refractivity contribution < 1.29 is 47.6 Å². The van der Waals surface area contributed by atoms with Gasteiger partial charge in [0.15, 0.2) is 6.10 Å². The number of aliphatic hydroxyl groups is 2. The van der Waals surface area contributed by atoms with Gasteiger partial charge in [-0.3, -0.25) is 9.59 Å². The van der Waals surface area contributed by atoms with E-state index in [2.05, 4.69) is 11.8 Å². The molecule has 222 valence electrons. The molecule has 7 nitrogen and oxygen atoms in total. The molecule has 0 spiro atoms. The number of terminal acetylenes is 2. The Morgan fingerprint density at radius 3 is 2.46 bits per heavy atom. The number of carboxylic acid groups (broad SMARTS) is 1. The quantitative estimate of drug-likeness (QED) is 0.119. The van der Waals surface area contributed by atoms with E-state index in [-0.39, 0.29) is 44.0 Å². The number of halogens is 3. The molecule has 1 aliphatic carbocycles. The number of carbonyl (C=O) groups excluding carboxylic acids is 1. The molecule has 1 fully saturated rings. The lowest BCUT2D eigenvalue weighted by Gasteiger charge is -2.22. The third kappa shape index (κ3) is 11.3. The van der Waals surface area contributed by atoms with Crippen molar-refractivity contribution >= 4 is 11.9 Å². The van der Waals surface area contributed by atoms with Gasteiger partial charge in [0.1, 0.15) is 12.4 Å². The third-order valence-electron chi connectivity index (χ3n) is 6.71. The van der Waals surface area contributed by atoms with E-state index in [9.17, 15) is 33.0 Å². The van der Waals surface area contributed by atoms with Crippen LogP contribution < -0.4 is 4.74 Å². The van der Waals surface area contributed by atoms with E-state index in [1.807, 2.05) is 12.2 Å². The van der Waals surface area contributed by atoms with Crippen molar-refractivity contribution in [3.05, 3.63) is 54.1 Å². The summed E-state index contributed by atoms with van der Waals surface area (Å²) in [6, 6.07) is 4.27. The molecular formula is C31H35F3O7. The van der Waals surface area contributed by atoms with Gasteiger partial charge < -0.3 is 24.8 Å². The van der Waals surface area contributed by atoms with E-state index in [0.29, 0.717) is 19.3 Å². The van der Waals surface area contributed by atoms with Crippen molar-refractivity contribution in [3.8, 4) is 30.4 Å². The fourth-order valence-electron chi connectivity index (χ4n) is 4.54. The monoisotopic (exact) mass is 576 g/mol. The van der Waals surface area contributed by atoms with Crippen LogP contribution in [0.2, 0.25) is 0 Å². The number of alkyl halides is 3. The van der Waals surface area contributed by atoms with Crippen molar-refractivity contribution in [2.45, 2.75) is 69.4 Å². The van der Waals surface area contributed by atoms with Crippen molar-refractivity contribution in [3.63, 3.8) is 0 Å². The van der Waals surface area contributed by atoms with Crippen LogP contribution in [0.15, 0.2) is 48.6 Å². The minimum Gasteiger partial charge on any atom is -0.489 e. The van der Waals surface area contributed by atoms with Crippen LogP contribution in [-0.2, 0) is 20.5 Å². The standard InChI is InChI=1S/C31H35F3O7/c1-3-10-21(11-4-2)30(39)41-24(20-40-23-13-9-12-22(18-23)31(32,33)34)16-17-26-25(27(35)19-28(26)36)14-7-5-6-8-15-29(37)38/h1-2,5,7,9,12-13,16-18,21,24-28,35-36H,6,8,10-11,14-15,19-20H2,(H,37,38)/b7-5?,17-16+/t24?,25-,26-,27+,28-/m1/s1. The number of hydrogen-bond donors (Lipinski definition) is 3. The van der Waals surface area contributed by atoms with E-state index in [1.54, 1.807) is 6.08 Å². The molecule has 1 aromatic carbocycles. The molecule has 0 heterocycles. The molecule has 0 saturated heterocycles. The lowest BCUT2D eigenvalue weighted by atomic mass is 9.89. The predicted molar refractivity (Wildman–Crippen MR) is 145 cm³/mol. The maximum absolute atomic E-state index is 13.1. The molecule has 41 heavy (non-hydrogen) atoms. The molecule has 1 aliphatic rings. The Morgan fingerprint density at radius 1 is 1.12 bits per heavy atom. The highest BCUT2D eigenvalue weighted by atomic mass is 19.4. The first-order valence-corrected chi connectivity index (χ1v) is 13.2. The van der Waals surface area contributed by atoms with Crippen molar-refractivity contribution in [2.24, 2.45) is 17.8 Å². The van der Waals surface area contributed by atoms with E-state index in [1.165, 1.54) is 18.2 Å². The Morgan fingerprint density at radius 2 is 1.83 bits per heavy atom. The zero-order valence-corrected chi connectivity index (χ0v) is 22.5. The fraction of sp³-hybridized carbons (Fsp3) is 0.484. The van der Waals surface area contributed by atoms with Gasteiger partial charge in [-0.1, -0.05) is 24.3 Å². The molecule has 1 aromatic rings. The lowest BCUT2D eigenvalue weighted by molar-refractivity contribution is -0.152. The summed E-state index contributed by atoms with van der Waals surface area (Å²) in [5, 5.41) is 29.8. The minimum absolute atomic E-state index is 0.0301. The Labute approximate surface area is 238 Å². The zero-order chi connectivity index (χ0) is 30.4. The van der Waals surface area contributed by atoms with Crippen molar-refractivity contribution in [2.75, 3.05) is 6.61 Å². The maximum Gasteiger partial charge on any atom is 0.416 e. The minimum atomic E-state index is -4.57. The number of benzene rings is 1. The van der Waals surface area contributed by atoms with Gasteiger partial charge in [-0.15, -0.1) is 24.7 Å². The van der Waals surface area contributed by atoms with E-state index in [0.717, 1.165) is 12.1 Å². The van der Waals surface area contributed by atoms with Gasteiger partial charge in [-0.05, 0) is 49.5 Å². The van der Waals surface area contributed by atoms with Crippen LogP contribution in [0.5, 0.6) is 5.75 Å². The number of allylic oxidation sites excluding steroid dienone is 2. The Balaban J connectivity index is 2.19. The number of hydrogen-bond acceptors (Lipinski definition) is 6. The third-order valence-corrected chi connectivity index (χ3v) is 6.71. The number of rotatable bonds is 15. The number of carboxylic acids is 1. The van der Waals surface area contributed by atoms with Crippen LogP contribution in [0.25, 0.3) is 0 Å². The SMILES string of the molecule is C#CCC(CC#C)C(=O)OC(/C=C/[C@@H]1[C@@H](CC=CCCCC(=O)O)[C@@H](O)C[C@H]1O)COc1cccc(C(F)(F)F)c1. The largest absolute Gasteiger partial charge is 0.489 e. The van der Waals surface area contributed by atoms with Gasteiger partial charge in [0, 0.05) is 31.6 Å². The van der Waals surface area contributed by atoms with Gasteiger partial charge in [-0.2, -0.15) is 13.2 Å². The molecule has 10 heteroatoms. The van der Waals surface area contributed by atoms with Gasteiger partial charge in [0.05, 0.1) is 23.7 Å². The summed E-state index contributed by atoms with van der Waals surface area (Å²) in [6.07, 6.45) is 11.8. The molecule has 0 bridgehead atoms. The summed E-state index contributed by atoms with van der Waals surface area (Å²) in [6.45, 7) is -0.331. The average molecular weight is 577 g/mol. The summed E-state index contributed by atoms with van der Waals surface area (Å²) >= 11 is 0. The highest BCUT2D eigenvalue weighted by Gasteiger charge is 2.39. The lowest BCUT2D eigenvalue weighted by Crippen LogP contribution is -2.28. The summed E-state index contributed by atoms with van der Waals surface area (Å²) in [5.74, 6) is 1.40. The number of unbranched alkanes of at least 4 members (excludes halogenated alkanes) is 1. The molecule has 1 unspecified atom stereocenters. The van der Waals surface area contributed by atoms with Crippen LogP contribution in [-0.4, -0.2) is 52.2 Å². The predicted octanol–water partition coefficient (Wildman–Crippen LogP) is 4.77. The molecular weight excluding hydrogens is 541 g/mol. The number of aliphatic hydroxyl groups excluding tert-OH is 2. The van der Waals surface area contributed by atoms with Gasteiger partial charge >= 0.3 is 18.1 Å². The summed E-state index contributed by atoms with van der Waals surface area (Å²) in [5.41, 5.74) is -0.899. The van der Waals surface area contributed by atoms with Gasteiger partial charge in [0.25, 0.3) is 0 Å². The van der Waals surface area contributed by atoms with Crippen LogP contribution in [0.3, 0.4) is 0 Å². The molecule has 2 rings (SSSR count). The smallest absolute Gasteiger partial charge is 0.416 e.